The van der Waals surface area contributed by atoms with Crippen LogP contribution in [0.15, 0.2) is 0 Å². The molecule has 0 spiro atoms. The molecule has 0 heterocycles. The summed E-state index contributed by atoms with van der Waals surface area (Å²) in [5.41, 5.74) is 0. The zero-order valence-corrected chi connectivity index (χ0v) is 11.3. The summed E-state index contributed by atoms with van der Waals surface area (Å²) in [5, 5.41) is 1.20. The van der Waals surface area contributed by atoms with E-state index in [0.29, 0.717) is 10.3 Å². The van der Waals surface area contributed by atoms with Crippen molar-refractivity contribution in [3.63, 3.8) is 0 Å². The van der Waals surface area contributed by atoms with Gasteiger partial charge < -0.3 is 0 Å². The van der Waals surface area contributed by atoms with E-state index in [1.165, 1.54) is 25.7 Å². The van der Waals surface area contributed by atoms with Crippen molar-refractivity contribution < 1.29 is 0 Å². The third-order valence-corrected chi connectivity index (χ3v) is 6.35. The average Bonchev–Trinajstić information content (AvgIpc) is 2.17. The quantitative estimate of drug-likeness (QED) is 0.541. The van der Waals surface area contributed by atoms with Gasteiger partial charge in [0.1, 0.15) is 0 Å². The lowest BCUT2D eigenvalue weighted by Gasteiger charge is -2.38. The smallest absolute Gasteiger partial charge is 0.0151 e. The summed E-state index contributed by atoms with van der Waals surface area (Å²) >= 11 is 0. The molecule has 0 N–H and O–H groups in total. The molecule has 1 heteroatoms. The maximum absolute atomic E-state index is 2.45. The van der Waals surface area contributed by atoms with E-state index in [1.54, 1.807) is 0 Å². The molecule has 0 amide bonds. The Balaban J connectivity index is 4.36. The van der Waals surface area contributed by atoms with Crippen LogP contribution in [0.3, 0.4) is 0 Å². The Bertz CT molecular complexity index is 116. The van der Waals surface area contributed by atoms with Crippen LogP contribution in [-0.2, 0) is 0 Å². The first-order chi connectivity index (χ1) is 5.95. The molecule has 0 unspecified atom stereocenters. The van der Waals surface area contributed by atoms with E-state index in [-0.39, 0.29) is 0 Å². The van der Waals surface area contributed by atoms with Gasteiger partial charge in [0.05, 0.1) is 0 Å². The Morgan fingerprint density at radius 3 is 1.08 bits per heavy atom. The summed E-state index contributed by atoms with van der Waals surface area (Å²) in [6, 6.07) is 0. The molecule has 0 saturated heterocycles. The predicted molar refractivity (Wildman–Crippen MR) is 66.3 cm³/mol. The van der Waals surface area contributed by atoms with E-state index in [2.05, 4.69) is 41.5 Å². The van der Waals surface area contributed by atoms with E-state index in [4.69, 9.17) is 0 Å². The SMILES string of the molecule is CCC(C)(CC)PC(C)(CC)CC. The molecule has 0 aromatic rings. The van der Waals surface area contributed by atoms with Crippen molar-refractivity contribution >= 4 is 8.58 Å². The normalized spacial score (nSPS) is 13.4. The van der Waals surface area contributed by atoms with Crippen LogP contribution in [0.2, 0.25) is 0 Å². The van der Waals surface area contributed by atoms with Crippen molar-refractivity contribution in [2.24, 2.45) is 0 Å². The molecule has 0 aromatic carbocycles. The molecule has 0 aliphatic rings. The summed E-state index contributed by atoms with van der Waals surface area (Å²) in [4.78, 5) is 0. The second kappa shape index (κ2) is 5.35. The Morgan fingerprint density at radius 2 is 0.923 bits per heavy atom. The third kappa shape index (κ3) is 3.98. The van der Waals surface area contributed by atoms with Gasteiger partial charge in [-0.05, 0) is 36.0 Å². The minimum Gasteiger partial charge on any atom is -0.110 e. The fraction of sp³-hybridized carbons (Fsp3) is 1.00. The highest BCUT2D eigenvalue weighted by Gasteiger charge is 2.30. The van der Waals surface area contributed by atoms with Gasteiger partial charge in [-0.15, -0.1) is 8.58 Å². The van der Waals surface area contributed by atoms with E-state index in [0.717, 1.165) is 8.58 Å². The molecule has 0 radical (unpaired) electrons. The van der Waals surface area contributed by atoms with Gasteiger partial charge in [0.25, 0.3) is 0 Å². The molecule has 0 aliphatic carbocycles. The summed E-state index contributed by atoms with van der Waals surface area (Å²) in [7, 11) is 1.12. The van der Waals surface area contributed by atoms with Crippen molar-refractivity contribution in [3.8, 4) is 0 Å². The van der Waals surface area contributed by atoms with Crippen molar-refractivity contribution in [3.05, 3.63) is 0 Å². The molecule has 0 rings (SSSR count). The van der Waals surface area contributed by atoms with Gasteiger partial charge in [-0.2, -0.15) is 0 Å². The molecule has 0 saturated carbocycles. The second-order valence-corrected chi connectivity index (χ2v) is 7.32. The zero-order chi connectivity index (χ0) is 10.5. The van der Waals surface area contributed by atoms with E-state index < -0.39 is 0 Å². The highest BCUT2D eigenvalue weighted by atomic mass is 31.1. The first-order valence-electron chi connectivity index (χ1n) is 5.74. The van der Waals surface area contributed by atoms with Crippen molar-refractivity contribution in [1.29, 1.82) is 0 Å². The van der Waals surface area contributed by atoms with Crippen LogP contribution in [0.5, 0.6) is 0 Å². The lowest BCUT2D eigenvalue weighted by Crippen LogP contribution is -2.26. The van der Waals surface area contributed by atoms with E-state index >= 15 is 0 Å². The van der Waals surface area contributed by atoms with Crippen LogP contribution in [0.1, 0.15) is 67.2 Å². The van der Waals surface area contributed by atoms with Gasteiger partial charge in [-0.3, -0.25) is 0 Å². The van der Waals surface area contributed by atoms with Crippen LogP contribution < -0.4 is 0 Å². The molecule has 0 aromatic heterocycles. The summed E-state index contributed by atoms with van der Waals surface area (Å²) in [6.45, 7) is 14.2. The first kappa shape index (κ1) is 13.4. The Labute approximate surface area is 86.7 Å². The fourth-order valence-corrected chi connectivity index (χ4v) is 3.75. The Hall–Kier alpha value is 0.430. The monoisotopic (exact) mass is 202 g/mol. The van der Waals surface area contributed by atoms with Crippen molar-refractivity contribution in [2.75, 3.05) is 0 Å². The second-order valence-electron chi connectivity index (χ2n) is 4.66. The maximum Gasteiger partial charge on any atom is -0.0151 e. The van der Waals surface area contributed by atoms with Crippen LogP contribution in [0.25, 0.3) is 0 Å². The van der Waals surface area contributed by atoms with Crippen molar-refractivity contribution in [2.45, 2.75) is 77.5 Å². The van der Waals surface area contributed by atoms with Gasteiger partial charge in [0.15, 0.2) is 0 Å². The van der Waals surface area contributed by atoms with Gasteiger partial charge in [0, 0.05) is 0 Å². The van der Waals surface area contributed by atoms with Crippen molar-refractivity contribution in [1.82, 2.24) is 0 Å². The predicted octanol–water partition coefficient (Wildman–Crippen LogP) is 4.82. The first-order valence-corrected chi connectivity index (χ1v) is 6.74. The number of hydrogen-bond acceptors (Lipinski definition) is 0. The lowest BCUT2D eigenvalue weighted by molar-refractivity contribution is 0.538. The van der Waals surface area contributed by atoms with Crippen LogP contribution in [0, 0.1) is 0 Å². The Kier molecular flexibility index (Phi) is 5.52. The largest absolute Gasteiger partial charge is 0.110 e. The molecular formula is C12H27P. The highest BCUT2D eigenvalue weighted by molar-refractivity contribution is 7.41. The summed E-state index contributed by atoms with van der Waals surface area (Å²) < 4.78 is 0. The fourth-order valence-electron chi connectivity index (χ4n) is 1.58. The molecule has 0 aliphatic heterocycles. The Morgan fingerprint density at radius 1 is 0.692 bits per heavy atom. The minimum atomic E-state index is 0.598. The molecule has 0 bridgehead atoms. The van der Waals surface area contributed by atoms with Gasteiger partial charge in [0.2, 0.25) is 0 Å². The van der Waals surface area contributed by atoms with E-state index in [1.807, 2.05) is 0 Å². The van der Waals surface area contributed by atoms with Gasteiger partial charge in [-0.25, -0.2) is 0 Å². The lowest BCUT2D eigenvalue weighted by atomic mass is 10.0. The third-order valence-electron chi connectivity index (χ3n) is 3.72. The molecule has 0 fully saturated rings. The number of rotatable bonds is 6. The molecule has 13 heavy (non-hydrogen) atoms. The average molecular weight is 202 g/mol. The molecular weight excluding hydrogens is 175 g/mol. The maximum atomic E-state index is 2.45. The van der Waals surface area contributed by atoms with E-state index in [9.17, 15) is 0 Å². The van der Waals surface area contributed by atoms with Gasteiger partial charge >= 0.3 is 0 Å². The van der Waals surface area contributed by atoms with Crippen LogP contribution in [-0.4, -0.2) is 10.3 Å². The minimum absolute atomic E-state index is 0.598. The zero-order valence-electron chi connectivity index (χ0n) is 10.3. The highest BCUT2D eigenvalue weighted by Crippen LogP contribution is 2.50. The van der Waals surface area contributed by atoms with Crippen LogP contribution in [0.4, 0.5) is 0 Å². The standard InChI is InChI=1S/C12H27P/c1-7-11(5,8-2)13-12(6,9-3)10-4/h13H,7-10H2,1-6H3. The summed E-state index contributed by atoms with van der Waals surface area (Å²) in [5.74, 6) is 0. The number of hydrogen-bond donors (Lipinski definition) is 0. The summed E-state index contributed by atoms with van der Waals surface area (Å²) in [6.07, 6.45) is 5.32. The molecule has 80 valence electrons. The van der Waals surface area contributed by atoms with Gasteiger partial charge in [-0.1, -0.05) is 41.5 Å². The topological polar surface area (TPSA) is 0 Å². The van der Waals surface area contributed by atoms with Crippen LogP contribution >= 0.6 is 8.58 Å². The molecule has 0 nitrogen and oxygen atoms in total. The molecule has 0 atom stereocenters.